The second-order valence-corrected chi connectivity index (χ2v) is 4.34. The highest BCUT2D eigenvalue weighted by molar-refractivity contribution is 5.36. The summed E-state index contributed by atoms with van der Waals surface area (Å²) in [5.41, 5.74) is 2.45. The van der Waals surface area contributed by atoms with Crippen molar-refractivity contribution in [3.8, 4) is 5.88 Å². The fourth-order valence-electron chi connectivity index (χ4n) is 1.58. The van der Waals surface area contributed by atoms with Gasteiger partial charge >= 0.3 is 0 Å². The van der Waals surface area contributed by atoms with Crippen LogP contribution in [0.15, 0.2) is 0 Å². The average molecular weight is 182 g/mol. The van der Waals surface area contributed by atoms with Crippen molar-refractivity contribution in [1.29, 1.82) is 0 Å². The van der Waals surface area contributed by atoms with E-state index in [-0.39, 0.29) is 5.41 Å². The summed E-state index contributed by atoms with van der Waals surface area (Å²) in [5, 5.41) is 4.29. The molecule has 0 unspecified atom stereocenters. The van der Waals surface area contributed by atoms with E-state index in [1.54, 1.807) is 7.11 Å². The van der Waals surface area contributed by atoms with Crippen LogP contribution < -0.4 is 4.74 Å². The maximum atomic E-state index is 5.24. The molecule has 0 saturated carbocycles. The van der Waals surface area contributed by atoms with Gasteiger partial charge in [0, 0.05) is 18.3 Å². The van der Waals surface area contributed by atoms with Gasteiger partial charge in [-0.3, -0.25) is 4.68 Å². The van der Waals surface area contributed by atoms with E-state index in [1.165, 1.54) is 11.3 Å². The number of hydrogen-bond donors (Lipinski definition) is 0. The number of hydrogen-bond acceptors (Lipinski definition) is 2. The second kappa shape index (κ2) is 3.05. The Balaban J connectivity index is 3.33. The zero-order valence-electron chi connectivity index (χ0n) is 9.30. The standard InChI is InChI=1S/C10H18N2O/c1-7-8(10(2,3)4)9(13-6)11-12(7)5/h1-6H3. The highest BCUT2D eigenvalue weighted by atomic mass is 16.5. The predicted molar refractivity (Wildman–Crippen MR) is 53.2 cm³/mol. The Morgan fingerprint density at radius 1 is 1.31 bits per heavy atom. The molecule has 13 heavy (non-hydrogen) atoms. The average Bonchev–Trinajstić information content (AvgIpc) is 2.26. The van der Waals surface area contributed by atoms with Crippen molar-refractivity contribution >= 4 is 0 Å². The summed E-state index contributed by atoms with van der Waals surface area (Å²) in [5.74, 6) is 0.743. The minimum atomic E-state index is 0.0870. The summed E-state index contributed by atoms with van der Waals surface area (Å²) in [6.07, 6.45) is 0. The van der Waals surface area contributed by atoms with Crippen molar-refractivity contribution in [2.24, 2.45) is 7.05 Å². The molecule has 3 nitrogen and oxygen atoms in total. The highest BCUT2D eigenvalue weighted by Crippen LogP contribution is 2.32. The fraction of sp³-hybridized carbons (Fsp3) is 0.700. The molecule has 0 N–H and O–H groups in total. The van der Waals surface area contributed by atoms with Gasteiger partial charge in [0.05, 0.1) is 7.11 Å². The first-order valence-corrected chi connectivity index (χ1v) is 4.46. The van der Waals surface area contributed by atoms with Crippen LogP contribution in [0.4, 0.5) is 0 Å². The Morgan fingerprint density at radius 2 is 1.85 bits per heavy atom. The molecule has 0 amide bonds. The Hall–Kier alpha value is -0.990. The van der Waals surface area contributed by atoms with Gasteiger partial charge in [-0.2, -0.15) is 0 Å². The van der Waals surface area contributed by atoms with Gasteiger partial charge in [-0.1, -0.05) is 20.8 Å². The summed E-state index contributed by atoms with van der Waals surface area (Å²) < 4.78 is 7.10. The number of ether oxygens (including phenoxy) is 1. The van der Waals surface area contributed by atoms with Gasteiger partial charge in [-0.25, -0.2) is 0 Å². The minimum Gasteiger partial charge on any atom is -0.480 e. The zero-order chi connectivity index (χ0) is 10.2. The van der Waals surface area contributed by atoms with E-state index in [4.69, 9.17) is 4.74 Å². The maximum Gasteiger partial charge on any atom is 0.236 e. The van der Waals surface area contributed by atoms with Crippen LogP contribution in [0.2, 0.25) is 0 Å². The number of methoxy groups -OCH3 is 1. The van der Waals surface area contributed by atoms with Crippen molar-refractivity contribution in [3.05, 3.63) is 11.3 Å². The van der Waals surface area contributed by atoms with E-state index >= 15 is 0 Å². The maximum absolute atomic E-state index is 5.24. The van der Waals surface area contributed by atoms with Crippen molar-refractivity contribution in [1.82, 2.24) is 9.78 Å². The summed E-state index contributed by atoms with van der Waals surface area (Å²) in [6.45, 7) is 8.56. The molecule has 3 heteroatoms. The van der Waals surface area contributed by atoms with Crippen LogP contribution >= 0.6 is 0 Å². The third kappa shape index (κ3) is 1.69. The molecule has 0 saturated heterocycles. The SMILES string of the molecule is COc1nn(C)c(C)c1C(C)(C)C. The molecule has 1 aromatic heterocycles. The van der Waals surface area contributed by atoms with Crippen molar-refractivity contribution < 1.29 is 4.74 Å². The molecule has 0 aliphatic rings. The molecule has 1 rings (SSSR count). The lowest BCUT2D eigenvalue weighted by Crippen LogP contribution is -2.13. The molecule has 0 aliphatic carbocycles. The monoisotopic (exact) mass is 182 g/mol. The Bertz CT molecular complexity index is 307. The summed E-state index contributed by atoms with van der Waals surface area (Å²) in [7, 11) is 3.60. The lowest BCUT2D eigenvalue weighted by molar-refractivity contribution is 0.379. The van der Waals surface area contributed by atoms with Gasteiger partial charge in [0.25, 0.3) is 0 Å². The first-order chi connectivity index (χ1) is 5.88. The van der Waals surface area contributed by atoms with E-state index < -0.39 is 0 Å². The van der Waals surface area contributed by atoms with Gasteiger partial charge in [-0.05, 0) is 12.3 Å². The molecule has 0 fully saturated rings. The number of aryl methyl sites for hydroxylation is 1. The van der Waals surface area contributed by atoms with Crippen molar-refractivity contribution in [2.45, 2.75) is 33.1 Å². The molecule has 1 aromatic rings. The third-order valence-electron chi connectivity index (χ3n) is 2.25. The summed E-state index contributed by atoms with van der Waals surface area (Å²) in [6, 6.07) is 0. The zero-order valence-corrected chi connectivity index (χ0v) is 9.30. The lowest BCUT2D eigenvalue weighted by Gasteiger charge is -2.18. The van der Waals surface area contributed by atoms with Gasteiger partial charge < -0.3 is 4.74 Å². The summed E-state index contributed by atoms with van der Waals surface area (Å²) in [4.78, 5) is 0. The molecule has 0 aromatic carbocycles. The highest BCUT2D eigenvalue weighted by Gasteiger charge is 2.25. The van der Waals surface area contributed by atoms with Crippen LogP contribution in [0, 0.1) is 6.92 Å². The smallest absolute Gasteiger partial charge is 0.236 e. The molecule has 0 spiro atoms. The first-order valence-electron chi connectivity index (χ1n) is 4.46. The van der Waals surface area contributed by atoms with Gasteiger partial charge in [0.2, 0.25) is 5.88 Å². The van der Waals surface area contributed by atoms with Gasteiger partial charge in [0.15, 0.2) is 0 Å². The topological polar surface area (TPSA) is 27.1 Å². The fourth-order valence-corrected chi connectivity index (χ4v) is 1.58. The van der Waals surface area contributed by atoms with Crippen LogP contribution in [-0.4, -0.2) is 16.9 Å². The van der Waals surface area contributed by atoms with Gasteiger partial charge in [0.1, 0.15) is 0 Å². The number of rotatable bonds is 1. The normalized spacial score (nSPS) is 11.8. The van der Waals surface area contributed by atoms with E-state index in [1.807, 2.05) is 11.7 Å². The molecule has 0 radical (unpaired) electrons. The molecule has 1 heterocycles. The molecule has 0 atom stereocenters. The van der Waals surface area contributed by atoms with Crippen LogP contribution in [0.5, 0.6) is 5.88 Å². The van der Waals surface area contributed by atoms with Crippen LogP contribution in [0.3, 0.4) is 0 Å². The number of nitrogens with zero attached hydrogens (tertiary/aromatic N) is 2. The molecule has 74 valence electrons. The van der Waals surface area contributed by atoms with Crippen LogP contribution in [0.25, 0.3) is 0 Å². The first kappa shape index (κ1) is 10.1. The Morgan fingerprint density at radius 3 is 2.15 bits per heavy atom. The predicted octanol–water partition coefficient (Wildman–Crippen LogP) is 2.03. The van der Waals surface area contributed by atoms with Gasteiger partial charge in [-0.15, -0.1) is 5.10 Å². The van der Waals surface area contributed by atoms with E-state index in [0.29, 0.717) is 0 Å². The minimum absolute atomic E-state index is 0.0870. The number of aromatic nitrogens is 2. The largest absolute Gasteiger partial charge is 0.480 e. The molecular formula is C10H18N2O. The molecule has 0 aliphatic heterocycles. The van der Waals surface area contributed by atoms with Crippen molar-refractivity contribution in [2.75, 3.05) is 7.11 Å². The Kier molecular flexibility index (Phi) is 2.37. The quantitative estimate of drug-likeness (QED) is 0.664. The van der Waals surface area contributed by atoms with E-state index in [9.17, 15) is 0 Å². The van der Waals surface area contributed by atoms with E-state index in [2.05, 4.69) is 32.8 Å². The molecular weight excluding hydrogens is 164 g/mol. The van der Waals surface area contributed by atoms with Crippen LogP contribution in [-0.2, 0) is 12.5 Å². The third-order valence-corrected chi connectivity index (χ3v) is 2.25. The van der Waals surface area contributed by atoms with Crippen LogP contribution in [0.1, 0.15) is 32.0 Å². The second-order valence-electron chi connectivity index (χ2n) is 4.34. The van der Waals surface area contributed by atoms with E-state index in [0.717, 1.165) is 5.88 Å². The van der Waals surface area contributed by atoms with Crippen molar-refractivity contribution in [3.63, 3.8) is 0 Å². The summed E-state index contributed by atoms with van der Waals surface area (Å²) >= 11 is 0. The Labute approximate surface area is 79.7 Å². The molecule has 0 bridgehead atoms. The lowest BCUT2D eigenvalue weighted by atomic mass is 9.87.